The fourth-order valence-electron chi connectivity index (χ4n) is 4.14. The van der Waals surface area contributed by atoms with Gasteiger partial charge in [0.25, 0.3) is 0 Å². The average Bonchev–Trinajstić information content (AvgIpc) is 3.33. The molecule has 2 fully saturated rings. The van der Waals surface area contributed by atoms with Gasteiger partial charge in [-0.1, -0.05) is 0 Å². The topological polar surface area (TPSA) is 111 Å². The fraction of sp³-hybridized carbons (Fsp3) is 0.611. The summed E-state index contributed by atoms with van der Waals surface area (Å²) in [5.41, 5.74) is 0.905. The van der Waals surface area contributed by atoms with Crippen molar-refractivity contribution in [3.05, 3.63) is 19.8 Å². The molecule has 3 aliphatic rings. The lowest BCUT2D eigenvalue weighted by Gasteiger charge is -2.41. The molecule has 3 heterocycles. The first-order chi connectivity index (χ1) is 16.0. The van der Waals surface area contributed by atoms with Crippen molar-refractivity contribution in [1.29, 1.82) is 0 Å². The van der Waals surface area contributed by atoms with E-state index in [4.69, 9.17) is 18.9 Å². The van der Waals surface area contributed by atoms with Crippen molar-refractivity contribution in [2.75, 3.05) is 6.61 Å². The molecule has 1 aromatic rings. The van der Waals surface area contributed by atoms with Gasteiger partial charge in [0.1, 0.15) is 11.9 Å². The normalized spacial score (nSPS) is 28.2. The molecule has 4 rings (SSSR count). The summed E-state index contributed by atoms with van der Waals surface area (Å²) in [5.74, 6) is -7.49. The molecule has 4 atom stereocenters. The standard InChI is InChI=1S/C18H14F4I4O8S/c19-17(20,18(21,22)35(28,29)30)1-2-31-15(27)6-3-9-16(4-8(6)33-9)32-5-7-10(23)11(24)12(25)13(26)14(7)34-16/h6,8-9H,1-5H2,(H,28,29,30)/p-1. The van der Waals surface area contributed by atoms with E-state index in [2.05, 4.69) is 90.4 Å². The van der Waals surface area contributed by atoms with E-state index in [0.29, 0.717) is 5.75 Å². The third kappa shape index (κ3) is 4.91. The molecule has 2 bridgehead atoms. The Morgan fingerprint density at radius 2 is 1.74 bits per heavy atom. The maximum Gasteiger partial charge on any atom is 0.396 e. The second kappa shape index (κ2) is 9.86. The van der Waals surface area contributed by atoms with Crippen LogP contribution in [0.5, 0.6) is 5.75 Å². The van der Waals surface area contributed by atoms with Crippen molar-refractivity contribution in [3.63, 3.8) is 0 Å². The van der Waals surface area contributed by atoms with Crippen LogP contribution in [0.25, 0.3) is 0 Å². The fourth-order valence-corrected chi connectivity index (χ4v) is 8.13. The van der Waals surface area contributed by atoms with E-state index in [1.807, 2.05) is 0 Å². The van der Waals surface area contributed by atoms with Crippen LogP contribution in [0.4, 0.5) is 17.6 Å². The number of carbonyl (C=O) groups is 1. The number of esters is 1. The number of alkyl halides is 4. The number of fused-ring (bicyclic) bond motifs is 4. The minimum atomic E-state index is -6.60. The summed E-state index contributed by atoms with van der Waals surface area (Å²) < 4.78 is 112. The second-order valence-electron chi connectivity index (χ2n) is 8.07. The molecule has 196 valence electrons. The minimum absolute atomic E-state index is 0.0927. The van der Waals surface area contributed by atoms with Crippen molar-refractivity contribution in [1.82, 2.24) is 0 Å². The molecule has 35 heavy (non-hydrogen) atoms. The molecule has 1 spiro atoms. The van der Waals surface area contributed by atoms with Crippen molar-refractivity contribution in [2.24, 2.45) is 5.92 Å². The van der Waals surface area contributed by atoms with Gasteiger partial charge in [-0.15, -0.1) is 0 Å². The smallest absolute Gasteiger partial charge is 0.396 e. The van der Waals surface area contributed by atoms with Gasteiger partial charge in [0, 0.05) is 22.7 Å². The third-order valence-electron chi connectivity index (χ3n) is 5.99. The predicted molar refractivity (Wildman–Crippen MR) is 142 cm³/mol. The summed E-state index contributed by atoms with van der Waals surface area (Å²) in [6.45, 7) is -0.936. The van der Waals surface area contributed by atoms with Gasteiger partial charge >= 0.3 is 17.1 Å². The second-order valence-corrected chi connectivity index (χ2v) is 13.8. The first kappa shape index (κ1) is 29.0. The molecule has 4 unspecified atom stereocenters. The Bertz CT molecular complexity index is 1180. The first-order valence-corrected chi connectivity index (χ1v) is 15.5. The van der Waals surface area contributed by atoms with Crippen LogP contribution in [0.2, 0.25) is 0 Å². The number of ether oxygens (including phenoxy) is 4. The van der Waals surface area contributed by atoms with Crippen LogP contribution in [0.15, 0.2) is 0 Å². The Kier molecular flexibility index (Phi) is 8.15. The van der Waals surface area contributed by atoms with Crippen LogP contribution in [-0.2, 0) is 35.7 Å². The molecule has 17 heteroatoms. The summed E-state index contributed by atoms with van der Waals surface area (Å²) in [4.78, 5) is 12.4. The number of carbonyl (C=O) groups excluding carboxylic acids is 1. The van der Waals surface area contributed by atoms with E-state index >= 15 is 0 Å². The predicted octanol–water partition coefficient (Wildman–Crippen LogP) is 4.59. The average molecular weight is 973 g/mol. The van der Waals surface area contributed by atoms with E-state index < -0.39 is 64.2 Å². The highest BCUT2D eigenvalue weighted by Crippen LogP contribution is 2.53. The molecule has 0 aliphatic carbocycles. The monoisotopic (exact) mass is 973 g/mol. The summed E-state index contributed by atoms with van der Waals surface area (Å²) in [6.07, 6.45) is -2.95. The van der Waals surface area contributed by atoms with E-state index in [1.165, 1.54) is 0 Å². The van der Waals surface area contributed by atoms with Crippen molar-refractivity contribution >= 4 is 106 Å². The number of hydrogen-bond donors (Lipinski definition) is 0. The van der Waals surface area contributed by atoms with Crippen molar-refractivity contribution in [2.45, 2.75) is 55.0 Å². The lowest BCUT2D eigenvalue weighted by atomic mass is 9.84. The Labute approximate surface area is 251 Å². The third-order valence-corrected chi connectivity index (χ3v) is 14.4. The molecule has 0 aromatic heterocycles. The first-order valence-electron chi connectivity index (χ1n) is 9.73. The van der Waals surface area contributed by atoms with Gasteiger partial charge in [-0.25, -0.2) is 8.42 Å². The van der Waals surface area contributed by atoms with E-state index in [-0.39, 0.29) is 19.4 Å². The van der Waals surface area contributed by atoms with E-state index in [0.717, 1.165) is 19.8 Å². The summed E-state index contributed by atoms with van der Waals surface area (Å²) in [5, 5.41) is -5.83. The largest absolute Gasteiger partial charge is 0.743 e. The number of hydrogen-bond acceptors (Lipinski definition) is 8. The molecule has 0 amide bonds. The molecule has 3 aliphatic heterocycles. The maximum absolute atomic E-state index is 13.6. The molecule has 8 nitrogen and oxygen atoms in total. The molecule has 2 saturated heterocycles. The van der Waals surface area contributed by atoms with Crippen LogP contribution >= 0.6 is 90.4 Å². The van der Waals surface area contributed by atoms with Gasteiger partial charge in [-0.2, -0.15) is 17.6 Å². The summed E-state index contributed by atoms with van der Waals surface area (Å²) in [7, 11) is -6.60. The lowest BCUT2D eigenvalue weighted by molar-refractivity contribution is -0.232. The van der Waals surface area contributed by atoms with Crippen molar-refractivity contribution < 1.29 is 54.3 Å². The summed E-state index contributed by atoms with van der Waals surface area (Å²) in [6, 6.07) is 0. The Hall–Kier alpha value is 0.960. The number of benzene rings is 1. The molecule has 0 saturated carbocycles. The summed E-state index contributed by atoms with van der Waals surface area (Å²) >= 11 is 8.90. The van der Waals surface area contributed by atoms with Gasteiger partial charge in [0.15, 0.2) is 10.1 Å². The van der Waals surface area contributed by atoms with Crippen LogP contribution in [-0.4, -0.2) is 54.7 Å². The minimum Gasteiger partial charge on any atom is -0.743 e. The zero-order valence-electron chi connectivity index (χ0n) is 17.0. The molecule has 0 radical (unpaired) electrons. The highest BCUT2D eigenvalue weighted by molar-refractivity contribution is 14.1. The highest BCUT2D eigenvalue weighted by Gasteiger charge is 2.64. The Balaban J connectivity index is 1.39. The lowest BCUT2D eigenvalue weighted by Crippen LogP contribution is -2.52. The Morgan fingerprint density at radius 3 is 2.31 bits per heavy atom. The van der Waals surface area contributed by atoms with Gasteiger partial charge < -0.3 is 23.5 Å². The zero-order valence-corrected chi connectivity index (χ0v) is 26.4. The molecule has 0 N–H and O–H groups in total. The van der Waals surface area contributed by atoms with Crippen molar-refractivity contribution in [3.8, 4) is 5.75 Å². The van der Waals surface area contributed by atoms with Crippen LogP contribution < -0.4 is 4.74 Å². The van der Waals surface area contributed by atoms with Gasteiger partial charge in [-0.3, -0.25) is 4.79 Å². The van der Waals surface area contributed by atoms with E-state index in [1.54, 1.807) is 0 Å². The van der Waals surface area contributed by atoms with Gasteiger partial charge in [-0.05, 0) is 96.8 Å². The maximum atomic E-state index is 13.6. The molecule has 1 aromatic carbocycles. The zero-order chi connectivity index (χ0) is 26.1. The van der Waals surface area contributed by atoms with Crippen LogP contribution in [0, 0.1) is 20.2 Å². The quantitative estimate of drug-likeness (QED) is 0.102. The van der Waals surface area contributed by atoms with Gasteiger partial charge in [0.2, 0.25) is 5.79 Å². The Morgan fingerprint density at radius 1 is 1.11 bits per heavy atom. The van der Waals surface area contributed by atoms with E-state index in [9.17, 15) is 35.3 Å². The number of halogens is 8. The van der Waals surface area contributed by atoms with Crippen LogP contribution in [0.3, 0.4) is 0 Å². The van der Waals surface area contributed by atoms with Crippen LogP contribution in [0.1, 0.15) is 24.8 Å². The SMILES string of the molecule is O=C(OCCC(F)(F)C(F)(F)S(=O)(=O)[O-])C1CC2OC1CC21OCc2c(I)c(I)c(I)c(I)c2O1. The molecular formula is C18H13F4I4O8S-. The van der Waals surface area contributed by atoms with Gasteiger partial charge in [0.05, 0.1) is 35.2 Å². The number of rotatable bonds is 6. The highest BCUT2D eigenvalue weighted by atomic mass is 127. The molecular weight excluding hydrogens is 960 g/mol.